The Bertz CT molecular complexity index is 347. The zero-order valence-corrected chi connectivity index (χ0v) is 9.71. The van der Waals surface area contributed by atoms with Crippen LogP contribution in [0.2, 0.25) is 0 Å². The number of H-pyrrole nitrogens is 1. The number of amides is 1. The van der Waals surface area contributed by atoms with Crippen LogP contribution in [0.25, 0.3) is 0 Å². The highest BCUT2D eigenvalue weighted by molar-refractivity contribution is 9.10. The van der Waals surface area contributed by atoms with Crippen LogP contribution in [-0.4, -0.2) is 35.4 Å². The summed E-state index contributed by atoms with van der Waals surface area (Å²) in [6, 6.07) is 0. The Balaban J connectivity index is 1.84. The van der Waals surface area contributed by atoms with Crippen molar-refractivity contribution in [2.75, 3.05) is 13.2 Å². The number of carbonyl (C=O) groups is 1. The third-order valence-electron chi connectivity index (χ3n) is 2.33. The number of aromatic nitrogens is 2. The summed E-state index contributed by atoms with van der Waals surface area (Å²) in [5.41, 5.74) is 0.452. The van der Waals surface area contributed by atoms with Gasteiger partial charge in [-0.1, -0.05) is 0 Å². The van der Waals surface area contributed by atoms with Gasteiger partial charge in [0.2, 0.25) is 0 Å². The minimum absolute atomic E-state index is 0.158. The van der Waals surface area contributed by atoms with Crippen molar-refractivity contribution in [1.29, 1.82) is 0 Å². The lowest BCUT2D eigenvalue weighted by molar-refractivity contribution is 0.0853. The van der Waals surface area contributed by atoms with Crippen LogP contribution >= 0.6 is 15.9 Å². The predicted molar refractivity (Wildman–Crippen MR) is 57.6 cm³/mol. The van der Waals surface area contributed by atoms with Crippen molar-refractivity contribution in [3.8, 4) is 0 Å². The smallest absolute Gasteiger partial charge is 0.270 e. The molecule has 0 bridgehead atoms. The molecule has 82 valence electrons. The Labute approximate surface area is 95.7 Å². The molecular formula is C9H12BrN3O2. The molecule has 6 heteroatoms. The zero-order valence-electron chi connectivity index (χ0n) is 8.12. The van der Waals surface area contributed by atoms with E-state index in [0.29, 0.717) is 16.7 Å². The Kier molecular flexibility index (Phi) is 3.37. The highest BCUT2D eigenvalue weighted by Gasteiger charge is 2.18. The van der Waals surface area contributed by atoms with Crippen LogP contribution in [0.5, 0.6) is 0 Å². The van der Waals surface area contributed by atoms with E-state index in [2.05, 4.69) is 31.4 Å². The van der Waals surface area contributed by atoms with Gasteiger partial charge in [-0.3, -0.25) is 9.89 Å². The van der Waals surface area contributed by atoms with Crippen molar-refractivity contribution in [3.63, 3.8) is 0 Å². The first kappa shape index (κ1) is 10.6. The van der Waals surface area contributed by atoms with E-state index in [4.69, 9.17) is 4.74 Å². The molecule has 0 saturated carbocycles. The van der Waals surface area contributed by atoms with Gasteiger partial charge in [-0.25, -0.2) is 0 Å². The first-order chi connectivity index (χ1) is 7.27. The molecule has 5 nitrogen and oxygen atoms in total. The second-order valence-electron chi connectivity index (χ2n) is 3.44. The fourth-order valence-corrected chi connectivity index (χ4v) is 1.90. The molecule has 0 aliphatic carbocycles. The molecular weight excluding hydrogens is 262 g/mol. The number of carbonyl (C=O) groups excluding carboxylic acids is 1. The third kappa shape index (κ3) is 2.57. The number of halogens is 1. The van der Waals surface area contributed by atoms with Crippen LogP contribution in [0, 0.1) is 0 Å². The molecule has 2 rings (SSSR count). The van der Waals surface area contributed by atoms with Crippen molar-refractivity contribution < 1.29 is 9.53 Å². The van der Waals surface area contributed by atoms with Crippen LogP contribution in [0.1, 0.15) is 23.3 Å². The second kappa shape index (κ2) is 4.76. The predicted octanol–water partition coefficient (Wildman–Crippen LogP) is 1.08. The summed E-state index contributed by atoms with van der Waals surface area (Å²) in [6.45, 7) is 1.36. The van der Waals surface area contributed by atoms with E-state index in [1.807, 2.05) is 0 Å². The molecule has 2 N–H and O–H groups in total. The number of aromatic amines is 1. The van der Waals surface area contributed by atoms with E-state index in [0.717, 1.165) is 19.4 Å². The summed E-state index contributed by atoms with van der Waals surface area (Å²) in [6.07, 6.45) is 3.82. The summed E-state index contributed by atoms with van der Waals surface area (Å²) >= 11 is 3.23. The maximum atomic E-state index is 11.6. The first-order valence-electron chi connectivity index (χ1n) is 4.86. The van der Waals surface area contributed by atoms with Crippen molar-refractivity contribution >= 4 is 21.8 Å². The molecule has 0 spiro atoms. The number of nitrogens with zero attached hydrogens (tertiary/aromatic N) is 1. The molecule has 1 aromatic rings. The zero-order chi connectivity index (χ0) is 10.7. The highest BCUT2D eigenvalue weighted by Crippen LogP contribution is 2.13. The molecule has 1 aliphatic heterocycles. The van der Waals surface area contributed by atoms with E-state index < -0.39 is 0 Å². The van der Waals surface area contributed by atoms with Crippen LogP contribution in [0.4, 0.5) is 0 Å². The number of ether oxygens (including phenoxy) is 1. The van der Waals surface area contributed by atoms with Gasteiger partial charge in [-0.05, 0) is 28.8 Å². The highest BCUT2D eigenvalue weighted by atomic mass is 79.9. The average molecular weight is 274 g/mol. The Hall–Kier alpha value is -0.880. The van der Waals surface area contributed by atoms with E-state index in [1.165, 1.54) is 0 Å². The fourth-order valence-electron chi connectivity index (χ4n) is 1.53. The summed E-state index contributed by atoms with van der Waals surface area (Å²) in [5.74, 6) is -0.158. The van der Waals surface area contributed by atoms with E-state index >= 15 is 0 Å². The monoisotopic (exact) mass is 273 g/mol. The van der Waals surface area contributed by atoms with Crippen LogP contribution in [0.3, 0.4) is 0 Å². The van der Waals surface area contributed by atoms with Gasteiger partial charge in [0.05, 0.1) is 16.8 Å². The molecule has 1 aliphatic rings. The van der Waals surface area contributed by atoms with Crippen LogP contribution < -0.4 is 5.32 Å². The summed E-state index contributed by atoms with van der Waals surface area (Å²) in [7, 11) is 0. The summed E-state index contributed by atoms with van der Waals surface area (Å²) < 4.78 is 6.07. The maximum Gasteiger partial charge on any atom is 0.270 e. The van der Waals surface area contributed by atoms with Gasteiger partial charge in [0, 0.05) is 13.2 Å². The van der Waals surface area contributed by atoms with Crippen molar-refractivity contribution in [3.05, 3.63) is 16.4 Å². The lowest BCUT2D eigenvalue weighted by Crippen LogP contribution is -2.32. The molecule has 1 aromatic heterocycles. The van der Waals surface area contributed by atoms with Crippen LogP contribution in [0.15, 0.2) is 10.7 Å². The van der Waals surface area contributed by atoms with E-state index in [-0.39, 0.29) is 12.0 Å². The van der Waals surface area contributed by atoms with Crippen LogP contribution in [-0.2, 0) is 4.74 Å². The summed E-state index contributed by atoms with van der Waals surface area (Å²) in [4.78, 5) is 11.6. The van der Waals surface area contributed by atoms with Crippen molar-refractivity contribution in [1.82, 2.24) is 15.5 Å². The first-order valence-corrected chi connectivity index (χ1v) is 5.65. The van der Waals surface area contributed by atoms with E-state index in [9.17, 15) is 4.79 Å². The van der Waals surface area contributed by atoms with Gasteiger partial charge in [0.1, 0.15) is 5.69 Å². The van der Waals surface area contributed by atoms with Crippen molar-refractivity contribution in [2.24, 2.45) is 0 Å². The standard InChI is InChI=1S/C9H12BrN3O2/c10-7-5-12-13-8(7)9(14)11-4-6-2-1-3-15-6/h5-6H,1-4H2,(H,11,14)(H,12,13). The Morgan fingerprint density at radius 3 is 3.27 bits per heavy atom. The molecule has 15 heavy (non-hydrogen) atoms. The largest absolute Gasteiger partial charge is 0.376 e. The third-order valence-corrected chi connectivity index (χ3v) is 2.94. The molecule has 1 unspecified atom stereocenters. The van der Waals surface area contributed by atoms with Gasteiger partial charge in [0.15, 0.2) is 0 Å². The van der Waals surface area contributed by atoms with Gasteiger partial charge in [0.25, 0.3) is 5.91 Å². The Morgan fingerprint density at radius 2 is 2.67 bits per heavy atom. The molecule has 2 heterocycles. The molecule has 0 aromatic carbocycles. The minimum atomic E-state index is -0.158. The van der Waals surface area contributed by atoms with Gasteiger partial charge in [-0.15, -0.1) is 0 Å². The second-order valence-corrected chi connectivity index (χ2v) is 4.29. The van der Waals surface area contributed by atoms with Crippen molar-refractivity contribution in [2.45, 2.75) is 18.9 Å². The molecule has 1 atom stereocenters. The number of hydrogen-bond acceptors (Lipinski definition) is 3. The minimum Gasteiger partial charge on any atom is -0.376 e. The molecule has 1 saturated heterocycles. The maximum absolute atomic E-state index is 11.6. The quantitative estimate of drug-likeness (QED) is 0.866. The van der Waals surface area contributed by atoms with E-state index in [1.54, 1.807) is 6.20 Å². The summed E-state index contributed by atoms with van der Waals surface area (Å²) in [5, 5.41) is 9.19. The van der Waals surface area contributed by atoms with Gasteiger partial charge >= 0.3 is 0 Å². The lowest BCUT2D eigenvalue weighted by atomic mass is 10.2. The average Bonchev–Trinajstić information content (AvgIpc) is 2.84. The van der Waals surface area contributed by atoms with Gasteiger partial charge in [-0.2, -0.15) is 5.10 Å². The number of hydrogen-bond donors (Lipinski definition) is 2. The normalized spacial score (nSPS) is 20.5. The molecule has 1 amide bonds. The molecule has 0 radical (unpaired) electrons. The number of nitrogens with one attached hydrogen (secondary N) is 2. The SMILES string of the molecule is O=C(NCC1CCCO1)c1[nH]ncc1Br. The fraction of sp³-hybridized carbons (Fsp3) is 0.556. The number of rotatable bonds is 3. The van der Waals surface area contributed by atoms with Gasteiger partial charge < -0.3 is 10.1 Å². The topological polar surface area (TPSA) is 67.0 Å². The Morgan fingerprint density at radius 1 is 1.80 bits per heavy atom. The lowest BCUT2D eigenvalue weighted by Gasteiger charge is -2.09. The molecule has 1 fully saturated rings.